The predicted octanol–water partition coefficient (Wildman–Crippen LogP) is 15.2. The summed E-state index contributed by atoms with van der Waals surface area (Å²) in [6, 6.07) is 41.5. The molecule has 0 radical (unpaired) electrons. The normalized spacial score (nSPS) is 28.7. The van der Waals surface area contributed by atoms with E-state index in [0.717, 1.165) is 23.7 Å². The van der Waals surface area contributed by atoms with E-state index < -0.39 is 0 Å². The van der Waals surface area contributed by atoms with Crippen LogP contribution >= 0.6 is 0 Å². The van der Waals surface area contributed by atoms with Gasteiger partial charge in [0.25, 0.3) is 0 Å². The van der Waals surface area contributed by atoms with Crippen LogP contribution in [-0.4, -0.2) is 0 Å². The first kappa shape index (κ1) is 36.0. The number of rotatable bonds is 4. The molecule has 0 saturated heterocycles. The van der Waals surface area contributed by atoms with Crippen molar-refractivity contribution in [3.8, 4) is 22.3 Å². The van der Waals surface area contributed by atoms with E-state index in [-0.39, 0.29) is 27.1 Å². The summed E-state index contributed by atoms with van der Waals surface area (Å²) in [5, 5.41) is 0. The van der Waals surface area contributed by atoms with Gasteiger partial charge in [0.2, 0.25) is 0 Å². The monoisotopic (exact) mass is 749 g/mol. The number of benzene rings is 5. The Labute approximate surface area is 343 Å². The van der Waals surface area contributed by atoms with E-state index in [1.165, 1.54) is 119 Å². The van der Waals surface area contributed by atoms with Crippen LogP contribution in [0.15, 0.2) is 103 Å². The second-order valence-electron chi connectivity index (χ2n) is 22.4. The molecule has 4 fully saturated rings. The molecule has 0 aliphatic heterocycles. The van der Waals surface area contributed by atoms with Crippen LogP contribution in [-0.2, 0) is 27.1 Å². The number of hydrogen-bond donors (Lipinski definition) is 0. The quantitative estimate of drug-likeness (QED) is 0.177. The van der Waals surface area contributed by atoms with Crippen LogP contribution in [0.5, 0.6) is 0 Å². The second-order valence-corrected chi connectivity index (χ2v) is 22.4. The van der Waals surface area contributed by atoms with Crippen LogP contribution in [0.2, 0.25) is 0 Å². The first-order valence-electron chi connectivity index (χ1n) is 22.6. The van der Waals surface area contributed by atoms with E-state index in [0.29, 0.717) is 0 Å². The summed E-state index contributed by atoms with van der Waals surface area (Å²) in [7, 11) is 0. The van der Waals surface area contributed by atoms with Crippen molar-refractivity contribution in [2.24, 2.45) is 23.7 Å². The first-order chi connectivity index (χ1) is 27.2. The fourth-order valence-corrected chi connectivity index (χ4v) is 14.0. The maximum absolute atomic E-state index is 2.71. The van der Waals surface area contributed by atoms with Crippen LogP contribution in [0.1, 0.15) is 147 Å². The molecule has 5 aromatic rings. The van der Waals surface area contributed by atoms with Gasteiger partial charge in [0.15, 0.2) is 0 Å². The molecule has 292 valence electrons. The predicted molar refractivity (Wildman–Crippen MR) is 240 cm³/mol. The molecule has 57 heavy (non-hydrogen) atoms. The molecule has 0 atom stereocenters. The Balaban J connectivity index is 1.14. The molecule has 4 bridgehead atoms. The second kappa shape index (κ2) is 12.0. The summed E-state index contributed by atoms with van der Waals surface area (Å²) in [6.07, 6.45) is 11.9. The summed E-state index contributed by atoms with van der Waals surface area (Å²) >= 11 is 0. The van der Waals surface area contributed by atoms with E-state index in [1.54, 1.807) is 11.1 Å². The molecule has 7 aliphatic carbocycles. The van der Waals surface area contributed by atoms with Gasteiger partial charge >= 0.3 is 0 Å². The zero-order chi connectivity index (χ0) is 39.3. The molecular formula is C56H63N. The molecular weight excluding hydrogens is 687 g/mol. The van der Waals surface area contributed by atoms with Gasteiger partial charge in [-0.3, -0.25) is 0 Å². The van der Waals surface area contributed by atoms with Gasteiger partial charge in [-0.1, -0.05) is 116 Å². The Morgan fingerprint density at radius 3 is 1.37 bits per heavy atom. The number of hydrogen-bond acceptors (Lipinski definition) is 1. The molecule has 0 unspecified atom stereocenters. The lowest BCUT2D eigenvalue weighted by Gasteiger charge is -2.61. The lowest BCUT2D eigenvalue weighted by atomic mass is 9.43. The van der Waals surface area contributed by atoms with Crippen molar-refractivity contribution in [2.75, 3.05) is 4.90 Å². The Kier molecular flexibility index (Phi) is 7.58. The van der Waals surface area contributed by atoms with Gasteiger partial charge in [0, 0.05) is 22.5 Å². The van der Waals surface area contributed by atoms with Crippen LogP contribution in [0.25, 0.3) is 22.3 Å². The van der Waals surface area contributed by atoms with Gasteiger partial charge < -0.3 is 4.90 Å². The average molecular weight is 750 g/mol. The molecule has 1 nitrogen and oxygen atoms in total. The van der Waals surface area contributed by atoms with Crippen LogP contribution in [0, 0.1) is 23.7 Å². The highest BCUT2D eigenvalue weighted by atomic mass is 15.1. The zero-order valence-electron chi connectivity index (χ0n) is 35.9. The van der Waals surface area contributed by atoms with E-state index in [1.807, 2.05) is 0 Å². The highest BCUT2D eigenvalue weighted by molar-refractivity contribution is 5.89. The Hall–Kier alpha value is -4.10. The molecule has 0 amide bonds. The minimum Gasteiger partial charge on any atom is -0.310 e. The van der Waals surface area contributed by atoms with E-state index in [2.05, 4.69) is 163 Å². The van der Waals surface area contributed by atoms with Crippen molar-refractivity contribution >= 4 is 17.1 Å². The molecule has 1 heteroatoms. The molecule has 12 rings (SSSR count). The maximum atomic E-state index is 2.71. The lowest BCUT2D eigenvalue weighted by molar-refractivity contribution is -0.0399. The van der Waals surface area contributed by atoms with E-state index in [9.17, 15) is 0 Å². The highest BCUT2D eigenvalue weighted by Crippen LogP contribution is 2.70. The fourth-order valence-electron chi connectivity index (χ4n) is 14.0. The van der Waals surface area contributed by atoms with Crippen molar-refractivity contribution in [3.05, 3.63) is 137 Å². The van der Waals surface area contributed by atoms with Crippen LogP contribution in [0.3, 0.4) is 0 Å². The van der Waals surface area contributed by atoms with Crippen molar-refractivity contribution in [1.82, 2.24) is 0 Å². The number of nitrogens with zero attached hydrogens (tertiary/aromatic N) is 1. The zero-order valence-corrected chi connectivity index (χ0v) is 35.9. The first-order valence-corrected chi connectivity index (χ1v) is 22.6. The van der Waals surface area contributed by atoms with Crippen LogP contribution in [0.4, 0.5) is 17.1 Å². The Morgan fingerprint density at radius 2 is 0.842 bits per heavy atom. The lowest BCUT2D eigenvalue weighted by Crippen LogP contribution is -2.55. The third kappa shape index (κ3) is 5.18. The Morgan fingerprint density at radius 1 is 0.386 bits per heavy atom. The molecule has 4 saturated carbocycles. The number of fused-ring (bicyclic) bond motifs is 5. The largest absolute Gasteiger partial charge is 0.310 e. The van der Waals surface area contributed by atoms with Crippen molar-refractivity contribution in [1.29, 1.82) is 0 Å². The topological polar surface area (TPSA) is 3.24 Å². The minimum atomic E-state index is 0.0960. The highest BCUT2D eigenvalue weighted by Gasteiger charge is 2.61. The van der Waals surface area contributed by atoms with Crippen molar-refractivity contribution < 1.29 is 0 Å². The fraction of sp³-hybridized carbons (Fsp3) is 0.464. The van der Waals surface area contributed by atoms with Crippen LogP contribution < -0.4 is 4.90 Å². The third-order valence-electron chi connectivity index (χ3n) is 17.2. The minimum absolute atomic E-state index is 0.0960. The van der Waals surface area contributed by atoms with Crippen molar-refractivity contribution in [2.45, 2.75) is 140 Å². The van der Waals surface area contributed by atoms with Gasteiger partial charge in [-0.15, -0.1) is 0 Å². The molecule has 0 aromatic heterocycles. The van der Waals surface area contributed by atoms with Gasteiger partial charge in [-0.2, -0.15) is 0 Å². The van der Waals surface area contributed by atoms with Gasteiger partial charge in [0.1, 0.15) is 0 Å². The summed E-state index contributed by atoms with van der Waals surface area (Å²) in [4.78, 5) is 2.67. The van der Waals surface area contributed by atoms with Gasteiger partial charge in [0.05, 0.1) is 0 Å². The van der Waals surface area contributed by atoms with E-state index >= 15 is 0 Å². The van der Waals surface area contributed by atoms with Gasteiger partial charge in [-0.25, -0.2) is 0 Å². The molecule has 0 N–H and O–H groups in total. The molecule has 1 spiro atoms. The SMILES string of the molecule is CC1(C)CCC(C)(C)c2cc(N(c3ccc4c(c3)C(C)(C)CCC4(C)C)c3ccc4c(c3)C3(c5ccc(-c6ccccc6)cc5-4)C4CC5CC(C4)CC3C5)ccc21. The summed E-state index contributed by atoms with van der Waals surface area (Å²) in [5.41, 5.74) is 19.6. The smallest absolute Gasteiger partial charge is 0.0465 e. The van der Waals surface area contributed by atoms with Gasteiger partial charge in [-0.05, 0) is 201 Å². The molecule has 7 aliphatic rings. The average Bonchev–Trinajstić information content (AvgIpc) is 3.47. The standard InChI is InChI=1S/C56H63N/c1-52(2)22-24-54(5,6)50-33-42(16-20-47(50)52)57(43-17-21-48-51(34-43)55(7,8)25-23-53(48,3)4)41-15-18-44-45-31-38(37-12-10-9-11-13-37)14-19-46(45)56(49(44)32-41)39-27-35-26-36(29-39)30-40(56)28-35/h9-21,31-36,39-40H,22-30H2,1-8H3. The van der Waals surface area contributed by atoms with E-state index in [4.69, 9.17) is 0 Å². The maximum Gasteiger partial charge on any atom is 0.0465 e. The molecule has 0 heterocycles. The summed E-state index contributed by atoms with van der Waals surface area (Å²) in [5.74, 6) is 3.28. The third-order valence-corrected chi connectivity index (χ3v) is 17.2. The van der Waals surface area contributed by atoms with Crippen molar-refractivity contribution in [3.63, 3.8) is 0 Å². The summed E-state index contributed by atoms with van der Waals surface area (Å²) in [6.45, 7) is 19.7. The molecule has 5 aromatic carbocycles. The Bertz CT molecular complexity index is 2330. The summed E-state index contributed by atoms with van der Waals surface area (Å²) < 4.78 is 0. The number of anilines is 3.